The summed E-state index contributed by atoms with van der Waals surface area (Å²) in [6, 6.07) is 0.757. The summed E-state index contributed by atoms with van der Waals surface area (Å²) in [5, 5.41) is 3.55. The molecule has 1 unspecified atom stereocenters. The van der Waals surface area contributed by atoms with Crippen LogP contribution >= 0.6 is 0 Å². The molecule has 0 amide bonds. The monoisotopic (exact) mass is 256 g/mol. The van der Waals surface area contributed by atoms with Crippen molar-refractivity contribution in [1.82, 2.24) is 20.0 Å². The lowest BCUT2D eigenvalue weighted by Gasteiger charge is -2.39. The molecule has 0 bridgehead atoms. The zero-order valence-electron chi connectivity index (χ0n) is 12.8. The third kappa shape index (κ3) is 6.14. The van der Waals surface area contributed by atoms with E-state index in [1.54, 1.807) is 0 Å². The predicted molar refractivity (Wildman–Crippen MR) is 79.2 cm³/mol. The van der Waals surface area contributed by atoms with Crippen LogP contribution in [0.4, 0.5) is 0 Å². The maximum Gasteiger partial charge on any atom is 0.0218 e. The molecule has 1 saturated heterocycles. The molecule has 1 rings (SSSR count). The first kappa shape index (κ1) is 15.9. The minimum absolute atomic E-state index is 0.757. The molecule has 108 valence electrons. The van der Waals surface area contributed by atoms with Crippen molar-refractivity contribution in [2.75, 3.05) is 67.0 Å². The SMILES string of the molecule is CCC1CN(CCNCCCN(C)C)CCN1C. The van der Waals surface area contributed by atoms with Crippen molar-refractivity contribution in [3.63, 3.8) is 0 Å². The standard InChI is InChI=1S/C14H32N4/c1-5-14-13-18(12-11-17(14)4)10-8-15-7-6-9-16(2)3/h14-15H,5-13H2,1-4H3. The summed E-state index contributed by atoms with van der Waals surface area (Å²) < 4.78 is 0. The summed E-state index contributed by atoms with van der Waals surface area (Å²) in [7, 11) is 6.52. The van der Waals surface area contributed by atoms with Gasteiger partial charge in [-0.3, -0.25) is 4.90 Å². The molecular formula is C14H32N4. The molecule has 18 heavy (non-hydrogen) atoms. The fraction of sp³-hybridized carbons (Fsp3) is 1.00. The van der Waals surface area contributed by atoms with Crippen LogP contribution in [0.25, 0.3) is 0 Å². The average Bonchev–Trinajstić information content (AvgIpc) is 2.35. The first-order valence-electron chi connectivity index (χ1n) is 7.41. The number of rotatable bonds is 8. The molecule has 1 N–H and O–H groups in total. The van der Waals surface area contributed by atoms with Crippen molar-refractivity contribution >= 4 is 0 Å². The fourth-order valence-electron chi connectivity index (χ4n) is 2.54. The zero-order valence-corrected chi connectivity index (χ0v) is 12.8. The van der Waals surface area contributed by atoms with E-state index in [0.717, 1.165) is 19.1 Å². The molecule has 1 aliphatic heterocycles. The Labute approximate surface area is 113 Å². The first-order chi connectivity index (χ1) is 8.63. The Morgan fingerprint density at radius 3 is 2.67 bits per heavy atom. The highest BCUT2D eigenvalue weighted by atomic mass is 15.3. The van der Waals surface area contributed by atoms with Gasteiger partial charge in [0.05, 0.1) is 0 Å². The molecule has 0 aromatic heterocycles. The van der Waals surface area contributed by atoms with E-state index >= 15 is 0 Å². The van der Waals surface area contributed by atoms with Crippen LogP contribution in [0.3, 0.4) is 0 Å². The minimum Gasteiger partial charge on any atom is -0.315 e. The first-order valence-corrected chi connectivity index (χ1v) is 7.41. The van der Waals surface area contributed by atoms with Gasteiger partial charge in [-0.25, -0.2) is 0 Å². The summed E-state index contributed by atoms with van der Waals surface area (Å²) in [4.78, 5) is 7.35. The minimum atomic E-state index is 0.757. The number of nitrogens with zero attached hydrogens (tertiary/aromatic N) is 3. The highest BCUT2D eigenvalue weighted by molar-refractivity contribution is 4.79. The van der Waals surface area contributed by atoms with Crippen LogP contribution in [0.5, 0.6) is 0 Å². The van der Waals surface area contributed by atoms with Crippen LogP contribution in [0.15, 0.2) is 0 Å². The van der Waals surface area contributed by atoms with Crippen LogP contribution in [-0.4, -0.2) is 87.7 Å². The van der Waals surface area contributed by atoms with Crippen LogP contribution in [0, 0.1) is 0 Å². The molecule has 1 aliphatic rings. The smallest absolute Gasteiger partial charge is 0.0218 e. The highest BCUT2D eigenvalue weighted by Crippen LogP contribution is 2.09. The average molecular weight is 256 g/mol. The molecule has 4 nitrogen and oxygen atoms in total. The summed E-state index contributed by atoms with van der Waals surface area (Å²) in [5.74, 6) is 0. The molecule has 4 heteroatoms. The third-order valence-electron chi connectivity index (χ3n) is 3.90. The Morgan fingerprint density at radius 1 is 1.22 bits per heavy atom. The molecule has 0 radical (unpaired) electrons. The van der Waals surface area contributed by atoms with Gasteiger partial charge in [-0.1, -0.05) is 6.92 Å². The predicted octanol–water partition coefficient (Wildman–Crippen LogP) is 0.554. The number of hydrogen-bond donors (Lipinski definition) is 1. The summed E-state index contributed by atoms with van der Waals surface area (Å²) >= 11 is 0. The number of piperazine rings is 1. The van der Waals surface area contributed by atoms with E-state index in [-0.39, 0.29) is 0 Å². The molecule has 0 spiro atoms. The molecule has 1 atom stereocenters. The normalized spacial score (nSPS) is 22.8. The lowest BCUT2D eigenvalue weighted by atomic mass is 10.1. The molecular weight excluding hydrogens is 224 g/mol. The Morgan fingerprint density at radius 2 is 2.00 bits per heavy atom. The fourth-order valence-corrected chi connectivity index (χ4v) is 2.54. The molecule has 1 fully saturated rings. The number of nitrogens with one attached hydrogen (secondary N) is 1. The highest BCUT2D eigenvalue weighted by Gasteiger charge is 2.21. The second-order valence-corrected chi connectivity index (χ2v) is 5.75. The van der Waals surface area contributed by atoms with Gasteiger partial charge in [-0.15, -0.1) is 0 Å². The van der Waals surface area contributed by atoms with Gasteiger partial charge < -0.3 is 15.1 Å². The van der Waals surface area contributed by atoms with E-state index in [1.165, 1.54) is 45.6 Å². The van der Waals surface area contributed by atoms with Crippen molar-refractivity contribution in [3.8, 4) is 0 Å². The lowest BCUT2D eigenvalue weighted by molar-refractivity contribution is 0.0939. The van der Waals surface area contributed by atoms with Gasteiger partial charge in [0, 0.05) is 38.8 Å². The van der Waals surface area contributed by atoms with Gasteiger partial charge >= 0.3 is 0 Å². The van der Waals surface area contributed by atoms with E-state index < -0.39 is 0 Å². The third-order valence-corrected chi connectivity index (χ3v) is 3.90. The molecule has 0 aliphatic carbocycles. The molecule has 0 saturated carbocycles. The van der Waals surface area contributed by atoms with Gasteiger partial charge in [0.15, 0.2) is 0 Å². The van der Waals surface area contributed by atoms with E-state index in [4.69, 9.17) is 0 Å². The van der Waals surface area contributed by atoms with Gasteiger partial charge in [0.1, 0.15) is 0 Å². The number of hydrogen-bond acceptors (Lipinski definition) is 4. The van der Waals surface area contributed by atoms with E-state index in [0.29, 0.717) is 0 Å². The maximum absolute atomic E-state index is 3.55. The van der Waals surface area contributed by atoms with Crippen LogP contribution < -0.4 is 5.32 Å². The lowest BCUT2D eigenvalue weighted by Crippen LogP contribution is -2.52. The molecule has 1 heterocycles. The Hall–Kier alpha value is -0.160. The Kier molecular flexibility index (Phi) is 7.82. The maximum atomic E-state index is 3.55. The molecule has 0 aromatic carbocycles. The van der Waals surface area contributed by atoms with Gasteiger partial charge in [-0.05, 0) is 47.1 Å². The molecule has 0 aromatic rings. The van der Waals surface area contributed by atoms with Crippen molar-refractivity contribution in [1.29, 1.82) is 0 Å². The Balaban J connectivity index is 2.02. The quantitative estimate of drug-likeness (QED) is 0.640. The summed E-state index contributed by atoms with van der Waals surface area (Å²) in [5.41, 5.74) is 0. The van der Waals surface area contributed by atoms with Gasteiger partial charge in [0.2, 0.25) is 0 Å². The van der Waals surface area contributed by atoms with Crippen molar-refractivity contribution in [3.05, 3.63) is 0 Å². The van der Waals surface area contributed by atoms with Crippen LogP contribution in [-0.2, 0) is 0 Å². The Bertz CT molecular complexity index is 208. The van der Waals surface area contributed by atoms with Crippen molar-refractivity contribution < 1.29 is 0 Å². The topological polar surface area (TPSA) is 21.8 Å². The second-order valence-electron chi connectivity index (χ2n) is 5.75. The van der Waals surface area contributed by atoms with Crippen molar-refractivity contribution in [2.45, 2.75) is 25.8 Å². The van der Waals surface area contributed by atoms with E-state index in [1.807, 2.05) is 0 Å². The zero-order chi connectivity index (χ0) is 13.4. The number of likely N-dealkylation sites (N-methyl/N-ethyl adjacent to an activating group) is 1. The second kappa shape index (κ2) is 8.86. The summed E-state index contributed by atoms with van der Waals surface area (Å²) in [6.45, 7) is 10.6. The van der Waals surface area contributed by atoms with Crippen LogP contribution in [0.1, 0.15) is 19.8 Å². The van der Waals surface area contributed by atoms with Gasteiger partial charge in [-0.2, -0.15) is 0 Å². The van der Waals surface area contributed by atoms with Crippen LogP contribution in [0.2, 0.25) is 0 Å². The van der Waals surface area contributed by atoms with E-state index in [9.17, 15) is 0 Å². The van der Waals surface area contributed by atoms with Crippen molar-refractivity contribution in [2.24, 2.45) is 0 Å². The largest absolute Gasteiger partial charge is 0.315 e. The van der Waals surface area contributed by atoms with E-state index in [2.05, 4.69) is 48.1 Å². The summed E-state index contributed by atoms with van der Waals surface area (Å²) in [6.07, 6.45) is 2.51. The van der Waals surface area contributed by atoms with Gasteiger partial charge in [0.25, 0.3) is 0 Å².